The van der Waals surface area contributed by atoms with E-state index in [1.54, 1.807) is 19.1 Å². The number of carbonyl (C=O) groups excluding carboxylic acids is 6. The number of carbonyl (C=O) groups is 6. The monoisotopic (exact) mass is 712 g/mol. The van der Waals surface area contributed by atoms with Crippen molar-refractivity contribution in [2.45, 2.75) is 65.0 Å². The number of rotatable bonds is 9. The van der Waals surface area contributed by atoms with E-state index in [1.807, 2.05) is 36.6 Å². The molecule has 2 amide bonds. The summed E-state index contributed by atoms with van der Waals surface area (Å²) >= 11 is 0. The van der Waals surface area contributed by atoms with E-state index >= 15 is 0 Å². The second-order valence-corrected chi connectivity index (χ2v) is 14.3. The lowest BCUT2D eigenvalue weighted by atomic mass is 10.0. The molecule has 280 valence electrons. The Morgan fingerprint density at radius 3 is 1.76 bits per heavy atom. The molecule has 1 aromatic carbocycles. The van der Waals surface area contributed by atoms with E-state index in [2.05, 4.69) is 19.2 Å². The smallest absolute Gasteiger partial charge is 0.389 e. The summed E-state index contributed by atoms with van der Waals surface area (Å²) in [5, 5.41) is 2.85. The topological polar surface area (TPSA) is 158 Å². The molecule has 15 nitrogen and oxygen atoms in total. The Hall–Kier alpha value is -3.92. The van der Waals surface area contributed by atoms with E-state index in [4.69, 9.17) is 14.2 Å². The molecule has 15 heteroatoms. The Kier molecular flexibility index (Phi) is 13.5. The van der Waals surface area contributed by atoms with Crippen LogP contribution in [0.4, 0.5) is 0 Å². The highest BCUT2D eigenvalue weighted by Gasteiger charge is 2.34. The highest BCUT2D eigenvalue weighted by Crippen LogP contribution is 2.24. The zero-order valence-electron chi connectivity index (χ0n) is 30.0. The van der Waals surface area contributed by atoms with Crippen LogP contribution in [-0.4, -0.2) is 164 Å². The van der Waals surface area contributed by atoms with Crippen molar-refractivity contribution in [3.8, 4) is 0 Å². The number of nitrogens with zero attached hydrogens (tertiary/aromatic N) is 5. The number of ether oxygens (including phenoxy) is 3. The number of nitrogens with one attached hydrogen (secondary N) is 1. The molecule has 0 saturated carbocycles. The van der Waals surface area contributed by atoms with Crippen molar-refractivity contribution in [2.75, 3.05) is 85.1 Å². The fourth-order valence-corrected chi connectivity index (χ4v) is 7.05. The first kappa shape index (κ1) is 38.3. The zero-order valence-corrected chi connectivity index (χ0v) is 30.0. The van der Waals surface area contributed by atoms with Crippen molar-refractivity contribution in [3.63, 3.8) is 0 Å². The fourth-order valence-electron chi connectivity index (χ4n) is 7.05. The van der Waals surface area contributed by atoms with Gasteiger partial charge in [-0.05, 0) is 49.8 Å². The maximum atomic E-state index is 13.3. The Morgan fingerprint density at radius 1 is 0.745 bits per heavy atom. The van der Waals surface area contributed by atoms with Crippen LogP contribution < -0.4 is 5.32 Å². The van der Waals surface area contributed by atoms with E-state index in [1.165, 1.54) is 0 Å². The van der Waals surface area contributed by atoms with Crippen molar-refractivity contribution in [2.24, 2.45) is 5.92 Å². The van der Waals surface area contributed by atoms with Crippen molar-refractivity contribution >= 4 is 35.5 Å². The molecule has 0 spiro atoms. The number of fused-ring (bicyclic) bond motifs is 7. The van der Waals surface area contributed by atoms with Crippen molar-refractivity contribution in [1.82, 2.24) is 29.8 Å². The first-order valence-electron chi connectivity index (χ1n) is 18.1. The summed E-state index contributed by atoms with van der Waals surface area (Å²) in [6.07, 6.45) is 2.77. The summed E-state index contributed by atoms with van der Waals surface area (Å²) in [6, 6.07) is 6.68. The van der Waals surface area contributed by atoms with Gasteiger partial charge in [0.25, 0.3) is 5.91 Å². The van der Waals surface area contributed by atoms with Gasteiger partial charge in [0, 0.05) is 76.9 Å². The van der Waals surface area contributed by atoms with Gasteiger partial charge in [-0.1, -0.05) is 26.0 Å². The lowest BCUT2D eigenvalue weighted by Crippen LogP contribution is -2.49. The zero-order chi connectivity index (χ0) is 36.5. The van der Waals surface area contributed by atoms with Crippen LogP contribution in [-0.2, 0) is 44.6 Å². The van der Waals surface area contributed by atoms with Crippen LogP contribution in [0.15, 0.2) is 24.3 Å². The molecule has 51 heavy (non-hydrogen) atoms. The molecule has 1 aromatic rings. The predicted octanol–water partition coefficient (Wildman–Crippen LogP) is 0.116. The van der Waals surface area contributed by atoms with E-state index in [0.29, 0.717) is 76.7 Å². The highest BCUT2D eigenvalue weighted by atomic mass is 16.9. The molecule has 4 aliphatic heterocycles. The highest BCUT2D eigenvalue weighted by molar-refractivity contribution is 5.97. The summed E-state index contributed by atoms with van der Waals surface area (Å²) in [5.74, 6) is -1.97. The van der Waals surface area contributed by atoms with Gasteiger partial charge in [-0.2, -0.15) is 0 Å². The second kappa shape index (κ2) is 18.0. The minimum absolute atomic E-state index is 0.0260. The Bertz CT molecular complexity index is 1390. The minimum Gasteiger partial charge on any atom is -0.389 e. The summed E-state index contributed by atoms with van der Waals surface area (Å²) in [4.78, 5) is 86.9. The molecular weight excluding hydrogens is 660 g/mol. The van der Waals surface area contributed by atoms with Crippen LogP contribution in [0.25, 0.3) is 0 Å². The third kappa shape index (κ3) is 11.3. The van der Waals surface area contributed by atoms with Gasteiger partial charge in [-0.3, -0.25) is 48.4 Å². The number of esters is 3. The first-order valence-corrected chi connectivity index (χ1v) is 18.1. The molecule has 0 aliphatic carbocycles. The van der Waals surface area contributed by atoms with Gasteiger partial charge >= 0.3 is 24.4 Å². The van der Waals surface area contributed by atoms with Gasteiger partial charge in [-0.15, -0.1) is 0 Å². The number of hydrogen-bond acceptors (Lipinski definition) is 13. The molecule has 4 atom stereocenters. The second-order valence-electron chi connectivity index (χ2n) is 14.3. The van der Waals surface area contributed by atoms with Crippen LogP contribution in [0.3, 0.4) is 0 Å². The minimum atomic E-state index is -1.73. The largest absolute Gasteiger partial charge is 0.412 e. The number of aryl methyl sites for hydroxylation is 1. The van der Waals surface area contributed by atoms with Gasteiger partial charge in [-0.25, -0.2) is 0 Å². The molecule has 4 bridgehead atoms. The SMILES string of the molecule is CC(C)[C@@H]1CCCN1C(=O)[C@@H](C)NC(=O)c1ccc(CCC(=O)CN2CCN3CCN4CCN(CC2)CC(=O)OC(OC(=O)C3)OC(=O)C4)cc1. The summed E-state index contributed by atoms with van der Waals surface area (Å²) in [6.45, 7) is 8.93. The lowest BCUT2D eigenvalue weighted by molar-refractivity contribution is -0.258. The van der Waals surface area contributed by atoms with Gasteiger partial charge in [0.1, 0.15) is 11.8 Å². The number of ketones is 1. The Balaban J connectivity index is 1.15. The van der Waals surface area contributed by atoms with Crippen LogP contribution in [0.1, 0.15) is 56.0 Å². The van der Waals surface area contributed by atoms with E-state index in [9.17, 15) is 28.8 Å². The van der Waals surface area contributed by atoms with Crippen LogP contribution in [0.5, 0.6) is 0 Å². The van der Waals surface area contributed by atoms with E-state index in [-0.39, 0.29) is 49.8 Å². The molecule has 5 rings (SSSR count). The van der Waals surface area contributed by atoms with Gasteiger partial charge in [0.15, 0.2) is 0 Å². The standard InChI is InChI=1S/C36H52N6O9/c1-25(2)30-5-4-12-42(30)35(48)26(3)37-34(47)28-9-6-27(7-10-28)8-11-29(43)21-38-13-15-39-17-19-41-20-18-40(16-14-38)23-32(45)50-36(49-31(44)22-39)51-33(46)24-41/h6-7,9-10,25-26,30,36H,4-5,8,11-24H2,1-3H3,(H,37,47)/t26-,30+/m1/s1. The molecule has 1 N–H and O–H groups in total. The maximum Gasteiger partial charge on any atom is 0.412 e. The lowest BCUT2D eigenvalue weighted by Gasteiger charge is -2.33. The summed E-state index contributed by atoms with van der Waals surface area (Å²) in [5.41, 5.74) is 1.37. The van der Waals surface area contributed by atoms with Crippen LogP contribution in [0, 0.1) is 5.92 Å². The predicted molar refractivity (Wildman–Crippen MR) is 184 cm³/mol. The third-order valence-electron chi connectivity index (χ3n) is 10.0. The maximum absolute atomic E-state index is 13.3. The number of amides is 2. The van der Waals surface area contributed by atoms with Crippen molar-refractivity contribution in [1.29, 1.82) is 0 Å². The molecule has 0 radical (unpaired) electrons. The number of benzene rings is 1. The van der Waals surface area contributed by atoms with Crippen LogP contribution in [0.2, 0.25) is 0 Å². The van der Waals surface area contributed by atoms with Crippen LogP contribution >= 0.6 is 0 Å². The average Bonchev–Trinajstić information content (AvgIpc) is 3.57. The normalized spacial score (nSPS) is 27.3. The van der Waals surface area contributed by atoms with Gasteiger partial charge in [0.2, 0.25) is 5.91 Å². The molecule has 4 saturated heterocycles. The number of Topliss-reactive ketones (excluding diaryl/α,β-unsaturated/α-hetero) is 1. The molecule has 4 fully saturated rings. The molecule has 2 unspecified atom stereocenters. The third-order valence-corrected chi connectivity index (χ3v) is 10.0. The molecule has 4 heterocycles. The van der Waals surface area contributed by atoms with Gasteiger partial charge in [0.05, 0.1) is 26.2 Å². The van der Waals surface area contributed by atoms with Crippen molar-refractivity contribution < 1.29 is 43.0 Å². The van der Waals surface area contributed by atoms with E-state index in [0.717, 1.165) is 24.9 Å². The molecule has 0 aromatic heterocycles. The summed E-state index contributed by atoms with van der Waals surface area (Å²) in [7, 11) is 0. The molecular formula is C36H52N6O9. The summed E-state index contributed by atoms with van der Waals surface area (Å²) < 4.78 is 15.6. The Labute approximate surface area is 299 Å². The molecule has 4 aliphatic rings. The van der Waals surface area contributed by atoms with Gasteiger partial charge < -0.3 is 24.4 Å². The number of likely N-dealkylation sites (tertiary alicyclic amines) is 1. The average molecular weight is 713 g/mol. The fraction of sp³-hybridized carbons (Fsp3) is 0.667. The Morgan fingerprint density at radius 2 is 1.25 bits per heavy atom. The quantitative estimate of drug-likeness (QED) is 0.345. The first-order chi connectivity index (χ1) is 24.4. The van der Waals surface area contributed by atoms with E-state index < -0.39 is 30.4 Å². The number of hydrogen-bond donors (Lipinski definition) is 1. The van der Waals surface area contributed by atoms with Crippen molar-refractivity contribution in [3.05, 3.63) is 35.4 Å².